The van der Waals surface area contributed by atoms with E-state index in [4.69, 9.17) is 5.11 Å². The van der Waals surface area contributed by atoms with Crippen molar-refractivity contribution < 1.29 is 14.7 Å². The molecule has 1 aliphatic rings. The molecule has 1 amide bonds. The summed E-state index contributed by atoms with van der Waals surface area (Å²) < 4.78 is 0. The van der Waals surface area contributed by atoms with Gasteiger partial charge in [-0.05, 0) is 6.42 Å². The summed E-state index contributed by atoms with van der Waals surface area (Å²) in [6.07, 6.45) is 1.36. The molecule has 11 heavy (non-hydrogen) atoms. The summed E-state index contributed by atoms with van der Waals surface area (Å²) in [5, 5.41) is 8.39. The van der Waals surface area contributed by atoms with Crippen molar-refractivity contribution in [3.8, 4) is 0 Å². The fraction of sp³-hybridized carbons (Fsp3) is 0.714. The first-order valence-electron chi connectivity index (χ1n) is 3.66. The van der Waals surface area contributed by atoms with Crippen LogP contribution in [-0.2, 0) is 9.59 Å². The van der Waals surface area contributed by atoms with Crippen molar-refractivity contribution in [1.82, 2.24) is 4.90 Å². The standard InChI is InChI=1S/C7H11NO3/c1-2-5-3-6(9)8(5)4-7(10)11/h5H,2-4H2,1H3,(H,10,11). The van der Waals surface area contributed by atoms with Gasteiger partial charge in [-0.15, -0.1) is 0 Å². The van der Waals surface area contributed by atoms with Gasteiger partial charge in [0, 0.05) is 12.5 Å². The lowest BCUT2D eigenvalue weighted by Crippen LogP contribution is -2.54. The van der Waals surface area contributed by atoms with Crippen molar-refractivity contribution >= 4 is 11.9 Å². The highest BCUT2D eigenvalue weighted by Crippen LogP contribution is 2.20. The SMILES string of the molecule is CCC1CC(=O)N1CC(=O)O. The minimum atomic E-state index is -0.934. The molecule has 0 saturated carbocycles. The van der Waals surface area contributed by atoms with Crippen molar-refractivity contribution in [2.75, 3.05) is 6.54 Å². The molecule has 1 unspecified atom stereocenters. The number of β-lactam (4-membered cyclic amide) rings is 1. The first-order chi connectivity index (χ1) is 5.15. The van der Waals surface area contributed by atoms with Crippen LogP contribution in [0.15, 0.2) is 0 Å². The molecule has 0 aromatic carbocycles. The number of hydrogen-bond donors (Lipinski definition) is 1. The van der Waals surface area contributed by atoms with Gasteiger partial charge >= 0.3 is 5.97 Å². The van der Waals surface area contributed by atoms with Gasteiger partial charge in [0.2, 0.25) is 5.91 Å². The molecule has 0 radical (unpaired) electrons. The van der Waals surface area contributed by atoms with Crippen LogP contribution in [0, 0.1) is 0 Å². The first-order valence-corrected chi connectivity index (χ1v) is 3.66. The number of hydrogen-bond acceptors (Lipinski definition) is 2. The zero-order valence-electron chi connectivity index (χ0n) is 6.41. The molecule has 1 aliphatic heterocycles. The maximum atomic E-state index is 10.8. The second-order valence-corrected chi connectivity index (χ2v) is 2.68. The first kappa shape index (κ1) is 8.04. The maximum Gasteiger partial charge on any atom is 0.323 e. The predicted molar refractivity (Wildman–Crippen MR) is 38.0 cm³/mol. The van der Waals surface area contributed by atoms with Gasteiger partial charge < -0.3 is 10.0 Å². The molecule has 0 spiro atoms. The highest BCUT2D eigenvalue weighted by atomic mass is 16.4. The Morgan fingerprint density at radius 2 is 2.45 bits per heavy atom. The second kappa shape index (κ2) is 2.90. The van der Waals surface area contributed by atoms with E-state index in [0.29, 0.717) is 6.42 Å². The molecule has 1 heterocycles. The van der Waals surface area contributed by atoms with E-state index >= 15 is 0 Å². The zero-order chi connectivity index (χ0) is 8.43. The van der Waals surface area contributed by atoms with Gasteiger partial charge in [-0.1, -0.05) is 6.92 Å². The smallest absolute Gasteiger partial charge is 0.323 e. The van der Waals surface area contributed by atoms with Crippen LogP contribution >= 0.6 is 0 Å². The van der Waals surface area contributed by atoms with Crippen molar-refractivity contribution in [2.24, 2.45) is 0 Å². The molecule has 1 atom stereocenters. The topological polar surface area (TPSA) is 57.6 Å². The highest BCUT2D eigenvalue weighted by Gasteiger charge is 2.35. The summed E-state index contributed by atoms with van der Waals surface area (Å²) in [4.78, 5) is 22.4. The fourth-order valence-corrected chi connectivity index (χ4v) is 1.25. The van der Waals surface area contributed by atoms with Crippen molar-refractivity contribution in [1.29, 1.82) is 0 Å². The van der Waals surface area contributed by atoms with Crippen molar-refractivity contribution in [3.05, 3.63) is 0 Å². The number of nitrogens with zero attached hydrogens (tertiary/aromatic N) is 1. The van der Waals surface area contributed by atoms with Gasteiger partial charge in [-0.25, -0.2) is 0 Å². The lowest BCUT2D eigenvalue weighted by Gasteiger charge is -2.38. The van der Waals surface area contributed by atoms with E-state index in [0.717, 1.165) is 6.42 Å². The van der Waals surface area contributed by atoms with E-state index in [2.05, 4.69) is 0 Å². The number of carboxylic acids is 1. The molecule has 0 aromatic rings. The molecule has 0 bridgehead atoms. The largest absolute Gasteiger partial charge is 0.480 e. The molecule has 4 heteroatoms. The molecule has 1 N–H and O–H groups in total. The van der Waals surface area contributed by atoms with Crippen molar-refractivity contribution in [3.63, 3.8) is 0 Å². The van der Waals surface area contributed by atoms with Crippen LogP contribution in [0.2, 0.25) is 0 Å². The lowest BCUT2D eigenvalue weighted by molar-refractivity contribution is -0.154. The molecule has 1 saturated heterocycles. The number of likely N-dealkylation sites (tertiary alicyclic amines) is 1. The van der Waals surface area contributed by atoms with Crippen LogP contribution in [0.5, 0.6) is 0 Å². The summed E-state index contributed by atoms with van der Waals surface area (Å²) in [5.74, 6) is -0.976. The van der Waals surface area contributed by atoms with Crippen LogP contribution < -0.4 is 0 Å². The third kappa shape index (κ3) is 1.50. The second-order valence-electron chi connectivity index (χ2n) is 2.68. The number of aliphatic carboxylic acids is 1. The van der Waals surface area contributed by atoms with E-state index in [1.807, 2.05) is 6.92 Å². The van der Waals surface area contributed by atoms with Crippen LogP contribution in [0.25, 0.3) is 0 Å². The van der Waals surface area contributed by atoms with E-state index in [-0.39, 0.29) is 18.5 Å². The van der Waals surface area contributed by atoms with Gasteiger partial charge in [0.05, 0.1) is 0 Å². The highest BCUT2D eigenvalue weighted by molar-refractivity contribution is 5.86. The Morgan fingerprint density at radius 1 is 1.82 bits per heavy atom. The fourth-order valence-electron chi connectivity index (χ4n) is 1.25. The minimum absolute atomic E-state index is 0.0424. The van der Waals surface area contributed by atoms with Gasteiger partial charge in [0.1, 0.15) is 6.54 Å². The number of carbonyl (C=O) groups excluding carboxylic acids is 1. The van der Waals surface area contributed by atoms with Crippen LogP contribution in [0.4, 0.5) is 0 Å². The van der Waals surface area contributed by atoms with E-state index in [1.54, 1.807) is 0 Å². The summed E-state index contributed by atoms with van der Waals surface area (Å²) in [5.41, 5.74) is 0. The average molecular weight is 157 g/mol. The summed E-state index contributed by atoms with van der Waals surface area (Å²) in [6.45, 7) is 1.81. The molecule has 1 fully saturated rings. The van der Waals surface area contributed by atoms with Gasteiger partial charge in [0.15, 0.2) is 0 Å². The molecule has 62 valence electrons. The van der Waals surface area contributed by atoms with Gasteiger partial charge in [-0.3, -0.25) is 9.59 Å². The minimum Gasteiger partial charge on any atom is -0.480 e. The van der Waals surface area contributed by atoms with Gasteiger partial charge in [0.25, 0.3) is 0 Å². The Morgan fingerprint density at radius 3 is 2.82 bits per heavy atom. The Bertz CT molecular complexity index is 190. The summed E-state index contributed by atoms with van der Waals surface area (Å²) in [7, 11) is 0. The van der Waals surface area contributed by atoms with Crippen molar-refractivity contribution in [2.45, 2.75) is 25.8 Å². The molecule has 4 nitrogen and oxygen atoms in total. The molecule has 1 rings (SSSR count). The quantitative estimate of drug-likeness (QED) is 0.590. The number of rotatable bonds is 3. The Kier molecular flexibility index (Phi) is 2.12. The zero-order valence-corrected chi connectivity index (χ0v) is 6.41. The Labute approximate surface area is 64.8 Å². The Hall–Kier alpha value is -1.06. The number of amides is 1. The van der Waals surface area contributed by atoms with Gasteiger partial charge in [-0.2, -0.15) is 0 Å². The maximum absolute atomic E-state index is 10.8. The monoisotopic (exact) mass is 157 g/mol. The number of carboxylic acid groups (broad SMARTS) is 1. The van der Waals surface area contributed by atoms with Crippen LogP contribution in [0.3, 0.4) is 0 Å². The van der Waals surface area contributed by atoms with Crippen LogP contribution in [0.1, 0.15) is 19.8 Å². The number of carbonyl (C=O) groups is 2. The normalized spacial score (nSPS) is 23.2. The van der Waals surface area contributed by atoms with Crippen LogP contribution in [-0.4, -0.2) is 34.5 Å². The molecular weight excluding hydrogens is 146 g/mol. The molecule has 0 aromatic heterocycles. The van der Waals surface area contributed by atoms with E-state index in [9.17, 15) is 9.59 Å². The summed E-state index contributed by atoms with van der Waals surface area (Å²) >= 11 is 0. The third-order valence-electron chi connectivity index (χ3n) is 1.95. The lowest BCUT2D eigenvalue weighted by atomic mass is 10.00. The Balaban J connectivity index is 2.42. The van der Waals surface area contributed by atoms with E-state index < -0.39 is 5.97 Å². The average Bonchev–Trinajstić information content (AvgIpc) is 1.95. The molecule has 0 aliphatic carbocycles. The summed E-state index contributed by atoms with van der Waals surface area (Å²) in [6, 6.07) is 0.165. The third-order valence-corrected chi connectivity index (χ3v) is 1.95. The molecular formula is C7H11NO3. The van der Waals surface area contributed by atoms with E-state index in [1.165, 1.54) is 4.90 Å². The predicted octanol–water partition coefficient (Wildman–Crippen LogP) is 0.0819.